The molecule has 0 radical (unpaired) electrons. The van der Waals surface area contributed by atoms with Crippen molar-refractivity contribution in [2.45, 2.75) is 26.3 Å². The van der Waals surface area contributed by atoms with Crippen LogP contribution >= 0.6 is 0 Å². The van der Waals surface area contributed by atoms with Gasteiger partial charge in [-0.15, -0.1) is 0 Å². The van der Waals surface area contributed by atoms with Crippen molar-refractivity contribution in [3.8, 4) is 11.5 Å². The fraction of sp³-hybridized carbons (Fsp3) is 0.214. The summed E-state index contributed by atoms with van der Waals surface area (Å²) in [6, 6.07) is 17.4. The van der Waals surface area contributed by atoms with Crippen molar-refractivity contribution in [1.29, 1.82) is 0 Å². The van der Waals surface area contributed by atoms with E-state index in [1.54, 1.807) is 30.2 Å². The minimum Gasteiger partial charge on any atom is -0.508 e. The van der Waals surface area contributed by atoms with Gasteiger partial charge in [-0.3, -0.25) is 9.59 Å². The second-order valence-electron chi connectivity index (χ2n) is 8.70. The molecule has 4 aromatic rings. The molecule has 0 unspecified atom stereocenters. The van der Waals surface area contributed by atoms with Crippen molar-refractivity contribution in [1.82, 2.24) is 4.90 Å². The zero-order chi connectivity index (χ0) is 24.0. The highest BCUT2D eigenvalue weighted by atomic mass is 16.5. The lowest BCUT2D eigenvalue weighted by atomic mass is 9.97. The van der Waals surface area contributed by atoms with E-state index in [1.165, 1.54) is 0 Å². The van der Waals surface area contributed by atoms with E-state index >= 15 is 0 Å². The molecule has 3 aromatic carbocycles. The topological polar surface area (TPSA) is 80.0 Å². The lowest BCUT2D eigenvalue weighted by Crippen LogP contribution is -2.31. The molecule has 0 saturated carbocycles. The third kappa shape index (κ3) is 3.61. The molecule has 1 aliphatic rings. The van der Waals surface area contributed by atoms with Crippen LogP contribution in [0.1, 0.15) is 44.4 Å². The number of fused-ring (bicyclic) bond motifs is 2. The van der Waals surface area contributed by atoms with Crippen LogP contribution in [0.5, 0.6) is 11.5 Å². The van der Waals surface area contributed by atoms with Crippen molar-refractivity contribution in [2.75, 3.05) is 13.7 Å². The highest BCUT2D eigenvalue weighted by Gasteiger charge is 2.42. The Bertz CT molecular complexity index is 1470. The molecule has 1 amide bonds. The van der Waals surface area contributed by atoms with Crippen LogP contribution in [0, 0.1) is 13.8 Å². The van der Waals surface area contributed by atoms with E-state index in [1.807, 2.05) is 56.3 Å². The normalized spacial score (nSPS) is 15.1. The van der Waals surface area contributed by atoms with E-state index in [0.717, 1.165) is 22.4 Å². The Kier molecular flexibility index (Phi) is 5.36. The molecule has 34 heavy (non-hydrogen) atoms. The number of ether oxygens (including phenoxy) is 1. The number of rotatable bonds is 5. The lowest BCUT2D eigenvalue weighted by Gasteiger charge is -2.25. The van der Waals surface area contributed by atoms with Gasteiger partial charge < -0.3 is 19.2 Å². The Hall–Kier alpha value is -4.06. The number of aromatic hydroxyl groups is 1. The zero-order valence-electron chi connectivity index (χ0n) is 19.3. The van der Waals surface area contributed by atoms with Gasteiger partial charge in [0.2, 0.25) is 5.76 Å². The van der Waals surface area contributed by atoms with Crippen LogP contribution in [0.2, 0.25) is 0 Å². The van der Waals surface area contributed by atoms with E-state index in [9.17, 15) is 14.7 Å². The first kappa shape index (κ1) is 21.8. The van der Waals surface area contributed by atoms with E-state index in [-0.39, 0.29) is 22.8 Å². The number of phenols is 1. The van der Waals surface area contributed by atoms with Crippen LogP contribution < -0.4 is 10.2 Å². The predicted octanol–water partition coefficient (Wildman–Crippen LogP) is 4.91. The Morgan fingerprint density at radius 1 is 1.00 bits per heavy atom. The monoisotopic (exact) mass is 455 g/mol. The number of aryl methyl sites for hydroxylation is 2. The molecule has 6 heteroatoms. The zero-order valence-corrected chi connectivity index (χ0v) is 19.3. The van der Waals surface area contributed by atoms with Crippen LogP contribution in [-0.4, -0.2) is 29.6 Å². The van der Waals surface area contributed by atoms with Gasteiger partial charge in [-0.2, -0.15) is 0 Å². The maximum atomic E-state index is 13.7. The van der Waals surface area contributed by atoms with E-state index in [2.05, 4.69) is 0 Å². The van der Waals surface area contributed by atoms with E-state index in [4.69, 9.17) is 9.15 Å². The molecule has 0 bridgehead atoms. The summed E-state index contributed by atoms with van der Waals surface area (Å²) in [7, 11) is 1.62. The molecule has 1 aromatic heterocycles. The number of hydrogen-bond acceptors (Lipinski definition) is 5. The van der Waals surface area contributed by atoms with Crippen molar-refractivity contribution in [2.24, 2.45) is 0 Å². The third-order valence-electron chi connectivity index (χ3n) is 6.57. The first-order valence-electron chi connectivity index (χ1n) is 11.2. The van der Waals surface area contributed by atoms with Crippen molar-refractivity contribution in [3.05, 3.63) is 104 Å². The summed E-state index contributed by atoms with van der Waals surface area (Å²) in [6.45, 7) is 4.27. The highest BCUT2D eigenvalue weighted by Crippen LogP contribution is 2.39. The van der Waals surface area contributed by atoms with Gasteiger partial charge in [0.05, 0.1) is 24.1 Å². The third-order valence-corrected chi connectivity index (χ3v) is 6.57. The smallest absolute Gasteiger partial charge is 0.290 e. The van der Waals surface area contributed by atoms with Crippen LogP contribution in [0.4, 0.5) is 0 Å². The van der Waals surface area contributed by atoms with Crippen LogP contribution in [0.3, 0.4) is 0 Å². The van der Waals surface area contributed by atoms with Gasteiger partial charge in [-0.1, -0.05) is 24.3 Å². The number of hydrogen-bond donors (Lipinski definition) is 1. The number of methoxy groups -OCH3 is 1. The predicted molar refractivity (Wildman–Crippen MR) is 130 cm³/mol. The van der Waals surface area contributed by atoms with Crippen molar-refractivity contribution < 1.29 is 19.1 Å². The van der Waals surface area contributed by atoms with Gasteiger partial charge in [-0.05, 0) is 78.9 Å². The number of carbonyl (C=O) groups excluding carboxylic acids is 1. The fourth-order valence-electron chi connectivity index (χ4n) is 4.59. The van der Waals surface area contributed by atoms with Gasteiger partial charge in [0.15, 0.2) is 5.43 Å². The molecule has 0 fully saturated rings. The number of carbonyl (C=O) groups is 1. The molecule has 0 saturated heterocycles. The first-order chi connectivity index (χ1) is 16.4. The molecule has 6 nitrogen and oxygen atoms in total. The Labute approximate surface area is 197 Å². The Morgan fingerprint density at radius 2 is 1.74 bits per heavy atom. The molecule has 0 aliphatic carbocycles. The van der Waals surface area contributed by atoms with Gasteiger partial charge in [0, 0.05) is 6.54 Å². The fourth-order valence-corrected chi connectivity index (χ4v) is 4.59. The van der Waals surface area contributed by atoms with Gasteiger partial charge in [0.1, 0.15) is 17.1 Å². The van der Waals surface area contributed by atoms with Crippen LogP contribution in [-0.2, 0) is 6.42 Å². The summed E-state index contributed by atoms with van der Waals surface area (Å²) in [5.74, 6) is 0.584. The SMILES string of the molecule is COc1ccc(CCN2C(=O)c3oc4cc(C)c(C)cc4c(=O)c3[C@H]2c2cccc(O)c2)cc1. The van der Waals surface area contributed by atoms with Crippen molar-refractivity contribution in [3.63, 3.8) is 0 Å². The summed E-state index contributed by atoms with van der Waals surface area (Å²) < 4.78 is 11.3. The van der Waals surface area contributed by atoms with E-state index in [0.29, 0.717) is 35.1 Å². The molecular weight excluding hydrogens is 430 g/mol. The molecule has 172 valence electrons. The Morgan fingerprint density at radius 3 is 2.44 bits per heavy atom. The molecule has 5 rings (SSSR count). The summed E-state index contributed by atoms with van der Waals surface area (Å²) >= 11 is 0. The number of amides is 1. The average Bonchev–Trinajstić information content (AvgIpc) is 3.11. The molecule has 1 N–H and O–H groups in total. The lowest BCUT2D eigenvalue weighted by molar-refractivity contribution is 0.0730. The van der Waals surface area contributed by atoms with Crippen LogP contribution in [0.25, 0.3) is 11.0 Å². The first-order valence-corrected chi connectivity index (χ1v) is 11.2. The molecule has 2 heterocycles. The number of benzene rings is 3. The minimum absolute atomic E-state index is 0.0730. The Balaban J connectivity index is 1.62. The quantitative estimate of drug-likeness (QED) is 0.462. The number of phenolic OH excluding ortho intramolecular Hbond substituents is 1. The van der Waals surface area contributed by atoms with E-state index < -0.39 is 6.04 Å². The van der Waals surface area contributed by atoms with Crippen LogP contribution in [0.15, 0.2) is 69.9 Å². The second kappa shape index (κ2) is 8.37. The molecular formula is C28H25NO5. The maximum Gasteiger partial charge on any atom is 0.290 e. The number of nitrogens with zero attached hydrogens (tertiary/aromatic N) is 1. The van der Waals surface area contributed by atoms with Gasteiger partial charge in [-0.25, -0.2) is 0 Å². The van der Waals surface area contributed by atoms with Gasteiger partial charge in [0.25, 0.3) is 5.91 Å². The highest BCUT2D eigenvalue weighted by molar-refractivity contribution is 5.99. The maximum absolute atomic E-state index is 13.7. The molecule has 0 spiro atoms. The molecule has 1 atom stereocenters. The summed E-state index contributed by atoms with van der Waals surface area (Å²) in [5, 5.41) is 10.6. The van der Waals surface area contributed by atoms with Crippen molar-refractivity contribution >= 4 is 16.9 Å². The molecule has 1 aliphatic heterocycles. The minimum atomic E-state index is -0.643. The summed E-state index contributed by atoms with van der Waals surface area (Å²) in [5.41, 5.74) is 4.18. The van der Waals surface area contributed by atoms with Gasteiger partial charge >= 0.3 is 0 Å². The summed E-state index contributed by atoms with van der Waals surface area (Å²) in [6.07, 6.45) is 0.588. The summed E-state index contributed by atoms with van der Waals surface area (Å²) in [4.78, 5) is 28.9. The standard InChI is InChI=1S/C28H25NO5/c1-16-13-22-23(14-17(16)2)34-27-24(26(22)31)25(19-5-4-6-20(30)15-19)29(28(27)32)12-11-18-7-9-21(33-3)10-8-18/h4-10,13-15,25,30H,11-12H2,1-3H3/t25-/m1/s1. The largest absolute Gasteiger partial charge is 0.508 e. The second-order valence-corrected chi connectivity index (χ2v) is 8.70. The average molecular weight is 456 g/mol.